The van der Waals surface area contributed by atoms with E-state index in [2.05, 4.69) is 20.8 Å². The van der Waals surface area contributed by atoms with Crippen molar-refractivity contribution in [1.29, 1.82) is 0 Å². The summed E-state index contributed by atoms with van der Waals surface area (Å²) in [6.07, 6.45) is 0.714. The Kier molecular flexibility index (Phi) is 10.8. The second-order valence-electron chi connectivity index (χ2n) is 9.14. The summed E-state index contributed by atoms with van der Waals surface area (Å²) in [5, 5.41) is 25.8. The van der Waals surface area contributed by atoms with Gasteiger partial charge in [0.15, 0.2) is 11.0 Å². The number of nitrogens with zero attached hydrogens (tertiary/aromatic N) is 4. The van der Waals surface area contributed by atoms with E-state index in [0.29, 0.717) is 41.8 Å². The molecule has 40 heavy (non-hydrogen) atoms. The Bertz CT molecular complexity index is 1380. The molecule has 2 amide bonds. The van der Waals surface area contributed by atoms with Crippen LogP contribution < -0.4 is 10.6 Å². The largest absolute Gasteiger partial charge is 0.462 e. The number of carbonyl (C=O) groups is 3. The minimum atomic E-state index is -0.553. The molecule has 2 aromatic carbocycles. The van der Waals surface area contributed by atoms with Gasteiger partial charge in [-0.2, -0.15) is 0 Å². The topological polar surface area (TPSA) is 158 Å². The molecule has 0 unspecified atom stereocenters. The third kappa shape index (κ3) is 7.88. The maximum Gasteiger partial charge on any atom is 0.338 e. The number of amides is 2. The fourth-order valence-electron chi connectivity index (χ4n) is 3.78. The lowest BCUT2D eigenvalue weighted by Gasteiger charge is -2.22. The molecule has 1 aromatic heterocycles. The maximum absolute atomic E-state index is 12.9. The third-order valence-corrected chi connectivity index (χ3v) is 6.73. The van der Waals surface area contributed by atoms with Crippen LogP contribution in [0.3, 0.4) is 0 Å². The quantitative estimate of drug-likeness (QED) is 0.130. The molecule has 0 spiro atoms. The van der Waals surface area contributed by atoms with Gasteiger partial charge in [-0.3, -0.25) is 19.7 Å². The standard InChI is InChI=1S/C27H32N6O6S/c1-5-13-39-26(36)19-10-7-11-20(14-19)28-22(34)16-40-27-31-30-24(32(27)6-2)23(17(3)4)29-25(35)18-9-8-12-21(15-18)33(37)38/h7-12,14-15,17,23H,5-6,13,16H2,1-4H3,(H,28,34)(H,29,35)/t23-/m0/s1. The Balaban J connectivity index is 1.68. The smallest absolute Gasteiger partial charge is 0.338 e. The van der Waals surface area contributed by atoms with Crippen molar-refractivity contribution < 1.29 is 24.0 Å². The predicted octanol–water partition coefficient (Wildman–Crippen LogP) is 4.63. The lowest BCUT2D eigenvalue weighted by molar-refractivity contribution is -0.384. The number of aromatic nitrogens is 3. The van der Waals surface area contributed by atoms with E-state index in [9.17, 15) is 24.5 Å². The lowest BCUT2D eigenvalue weighted by atomic mass is 10.0. The summed E-state index contributed by atoms with van der Waals surface area (Å²) in [6, 6.07) is 11.5. The first-order valence-corrected chi connectivity index (χ1v) is 13.8. The monoisotopic (exact) mass is 568 g/mol. The molecule has 212 valence electrons. The molecule has 3 rings (SSSR count). The van der Waals surface area contributed by atoms with E-state index >= 15 is 0 Å². The minimum absolute atomic E-state index is 0.0367. The summed E-state index contributed by atoms with van der Waals surface area (Å²) in [5.41, 5.74) is 0.807. The van der Waals surface area contributed by atoms with E-state index in [0.717, 1.165) is 0 Å². The molecular formula is C27H32N6O6S. The molecular weight excluding hydrogens is 536 g/mol. The summed E-state index contributed by atoms with van der Waals surface area (Å²) in [7, 11) is 0. The van der Waals surface area contributed by atoms with Crippen LogP contribution in [0, 0.1) is 16.0 Å². The Morgan fingerprint density at radius 3 is 2.48 bits per heavy atom. The molecule has 0 aliphatic rings. The van der Waals surface area contributed by atoms with Gasteiger partial charge in [0, 0.05) is 29.9 Å². The normalized spacial score (nSPS) is 11.6. The van der Waals surface area contributed by atoms with Crippen molar-refractivity contribution >= 4 is 40.9 Å². The average Bonchev–Trinajstić information content (AvgIpc) is 3.35. The number of ether oxygens (including phenoxy) is 1. The van der Waals surface area contributed by atoms with Crippen molar-refractivity contribution in [1.82, 2.24) is 20.1 Å². The van der Waals surface area contributed by atoms with Gasteiger partial charge in [0.2, 0.25) is 5.91 Å². The van der Waals surface area contributed by atoms with E-state index < -0.39 is 22.8 Å². The van der Waals surface area contributed by atoms with Crippen LogP contribution in [0.5, 0.6) is 0 Å². The summed E-state index contributed by atoms with van der Waals surface area (Å²) in [5.74, 6) is -0.743. The highest BCUT2D eigenvalue weighted by Gasteiger charge is 2.27. The van der Waals surface area contributed by atoms with Crippen LogP contribution in [0.4, 0.5) is 11.4 Å². The van der Waals surface area contributed by atoms with Crippen LogP contribution >= 0.6 is 11.8 Å². The summed E-state index contributed by atoms with van der Waals surface area (Å²) < 4.78 is 6.96. The molecule has 12 nitrogen and oxygen atoms in total. The van der Waals surface area contributed by atoms with Crippen LogP contribution in [0.2, 0.25) is 0 Å². The molecule has 1 heterocycles. The number of anilines is 1. The van der Waals surface area contributed by atoms with E-state index in [4.69, 9.17) is 4.74 Å². The summed E-state index contributed by atoms with van der Waals surface area (Å²) in [6.45, 7) is 8.45. The lowest BCUT2D eigenvalue weighted by Crippen LogP contribution is -2.33. The number of esters is 1. The predicted molar refractivity (Wildman–Crippen MR) is 150 cm³/mol. The molecule has 0 fully saturated rings. The van der Waals surface area contributed by atoms with Gasteiger partial charge in [0.1, 0.15) is 0 Å². The number of nitrogens with one attached hydrogen (secondary N) is 2. The Labute approximate surface area is 236 Å². The molecule has 2 N–H and O–H groups in total. The highest BCUT2D eigenvalue weighted by atomic mass is 32.2. The minimum Gasteiger partial charge on any atom is -0.462 e. The Hall–Kier alpha value is -4.26. The molecule has 0 radical (unpaired) electrons. The van der Waals surface area contributed by atoms with Crippen LogP contribution in [0.15, 0.2) is 53.7 Å². The van der Waals surface area contributed by atoms with Crippen molar-refractivity contribution in [3.63, 3.8) is 0 Å². The van der Waals surface area contributed by atoms with Crippen molar-refractivity contribution in [2.75, 3.05) is 17.7 Å². The fourth-order valence-corrected chi connectivity index (χ4v) is 4.59. The molecule has 0 saturated carbocycles. The highest BCUT2D eigenvalue weighted by molar-refractivity contribution is 7.99. The van der Waals surface area contributed by atoms with Crippen molar-refractivity contribution in [3.05, 3.63) is 75.6 Å². The van der Waals surface area contributed by atoms with Gasteiger partial charge in [-0.25, -0.2) is 4.79 Å². The van der Waals surface area contributed by atoms with Crippen molar-refractivity contribution in [3.8, 4) is 0 Å². The number of nitro groups is 1. The van der Waals surface area contributed by atoms with Crippen LogP contribution in [-0.4, -0.2) is 49.8 Å². The second kappa shape index (κ2) is 14.2. The highest BCUT2D eigenvalue weighted by Crippen LogP contribution is 2.26. The second-order valence-corrected chi connectivity index (χ2v) is 10.1. The molecule has 0 bridgehead atoms. The molecule has 0 aliphatic carbocycles. The summed E-state index contributed by atoms with van der Waals surface area (Å²) >= 11 is 1.19. The van der Waals surface area contributed by atoms with Gasteiger partial charge >= 0.3 is 5.97 Å². The van der Waals surface area contributed by atoms with Gasteiger partial charge in [0.05, 0.1) is 28.9 Å². The number of hydrogen-bond donors (Lipinski definition) is 2. The van der Waals surface area contributed by atoms with E-state index in [1.165, 1.54) is 36.0 Å². The van der Waals surface area contributed by atoms with Gasteiger partial charge in [-0.1, -0.05) is 44.7 Å². The van der Waals surface area contributed by atoms with Gasteiger partial charge in [-0.05, 0) is 43.5 Å². The first kappa shape index (κ1) is 30.3. The van der Waals surface area contributed by atoms with Crippen LogP contribution in [-0.2, 0) is 16.1 Å². The van der Waals surface area contributed by atoms with Crippen molar-refractivity contribution in [2.45, 2.75) is 51.9 Å². The number of nitro benzene ring substituents is 1. The van der Waals surface area contributed by atoms with Crippen molar-refractivity contribution in [2.24, 2.45) is 5.92 Å². The van der Waals surface area contributed by atoms with Crippen LogP contribution in [0.25, 0.3) is 0 Å². The maximum atomic E-state index is 12.9. The zero-order valence-electron chi connectivity index (χ0n) is 22.7. The molecule has 0 saturated heterocycles. The number of thioether (sulfide) groups is 1. The van der Waals surface area contributed by atoms with Gasteiger partial charge in [-0.15, -0.1) is 10.2 Å². The van der Waals surface area contributed by atoms with E-state index in [1.807, 2.05) is 32.3 Å². The van der Waals surface area contributed by atoms with Gasteiger partial charge < -0.3 is 19.9 Å². The molecule has 3 aromatic rings. The third-order valence-electron chi connectivity index (χ3n) is 5.76. The SMILES string of the molecule is CCCOC(=O)c1cccc(NC(=O)CSc2nnc([C@@H](NC(=O)c3cccc([N+](=O)[O-])c3)C(C)C)n2CC)c1. The fraction of sp³-hybridized carbons (Fsp3) is 0.370. The number of hydrogen-bond acceptors (Lipinski definition) is 9. The number of benzene rings is 2. The number of carbonyl (C=O) groups excluding carboxylic acids is 3. The zero-order chi connectivity index (χ0) is 29.2. The number of non-ortho nitro benzene ring substituents is 1. The number of rotatable bonds is 13. The molecule has 13 heteroatoms. The molecule has 1 atom stereocenters. The van der Waals surface area contributed by atoms with Crippen LogP contribution in [0.1, 0.15) is 66.7 Å². The van der Waals surface area contributed by atoms with Gasteiger partial charge in [0.25, 0.3) is 11.6 Å². The van der Waals surface area contributed by atoms with E-state index in [1.54, 1.807) is 24.3 Å². The average molecular weight is 569 g/mol. The summed E-state index contributed by atoms with van der Waals surface area (Å²) in [4.78, 5) is 48.3. The molecule has 0 aliphatic heterocycles. The van der Waals surface area contributed by atoms with E-state index in [-0.39, 0.29) is 28.8 Å². The Morgan fingerprint density at radius 1 is 1.07 bits per heavy atom. The zero-order valence-corrected chi connectivity index (χ0v) is 23.6. The Morgan fingerprint density at radius 2 is 1.80 bits per heavy atom. The first-order valence-electron chi connectivity index (χ1n) is 12.8. The first-order chi connectivity index (χ1) is 19.1.